The van der Waals surface area contributed by atoms with Crippen molar-refractivity contribution in [3.05, 3.63) is 86.8 Å². The van der Waals surface area contributed by atoms with E-state index in [1.165, 1.54) is 22.9 Å². The Balaban J connectivity index is 1.56. The minimum atomic E-state index is -1.26. The minimum Gasteiger partial charge on any atom is -0.301 e. The molecule has 1 saturated heterocycles. The first-order chi connectivity index (χ1) is 16.9. The van der Waals surface area contributed by atoms with Gasteiger partial charge in [-0.2, -0.15) is 15.8 Å². The molecule has 0 saturated carbocycles. The molecule has 10 nitrogen and oxygen atoms in total. The summed E-state index contributed by atoms with van der Waals surface area (Å²) in [6.45, 7) is 0.359. The summed E-state index contributed by atoms with van der Waals surface area (Å²) in [4.78, 5) is 36.6. The number of nitrogens with zero attached hydrogens (tertiary/aromatic N) is 5. The van der Waals surface area contributed by atoms with Crippen LogP contribution in [0.1, 0.15) is 5.56 Å². The van der Waals surface area contributed by atoms with Gasteiger partial charge in [-0.1, -0.05) is 53.5 Å². The van der Waals surface area contributed by atoms with Crippen molar-refractivity contribution >= 4 is 51.9 Å². The number of fused-ring (bicyclic) bond motifs is 1. The number of hydrogen-bond acceptors (Lipinski definition) is 6. The molecule has 1 aliphatic rings. The predicted molar refractivity (Wildman–Crippen MR) is 129 cm³/mol. The van der Waals surface area contributed by atoms with Crippen molar-refractivity contribution in [3.8, 4) is 11.8 Å². The molecule has 0 bridgehead atoms. The third-order valence-electron chi connectivity index (χ3n) is 5.46. The van der Waals surface area contributed by atoms with Gasteiger partial charge in [0.05, 0.1) is 45.6 Å². The number of benzene rings is 2. The first kappa shape index (κ1) is 22.6. The lowest BCUT2D eigenvalue weighted by atomic mass is 10.2. The van der Waals surface area contributed by atoms with Gasteiger partial charge in [-0.15, -0.1) is 0 Å². The van der Waals surface area contributed by atoms with Gasteiger partial charge < -0.3 is 4.57 Å². The highest BCUT2D eigenvalue weighted by molar-refractivity contribution is 6.38. The molecule has 5 rings (SSSR count). The molecule has 3 amide bonds. The summed E-state index contributed by atoms with van der Waals surface area (Å²) in [5.74, 6) is -0.757. The van der Waals surface area contributed by atoms with Crippen LogP contribution in [0, 0.1) is 11.3 Å². The van der Waals surface area contributed by atoms with Gasteiger partial charge in [0.1, 0.15) is 5.69 Å². The number of imide groups is 1. The smallest absolute Gasteiger partial charge is 0.301 e. The Morgan fingerprint density at radius 2 is 1.71 bits per heavy atom. The maximum absolute atomic E-state index is 12.6. The largest absolute Gasteiger partial charge is 0.343 e. The molecule has 1 aliphatic heterocycles. The van der Waals surface area contributed by atoms with Crippen LogP contribution in [0.5, 0.6) is 0 Å². The molecule has 1 atom stereocenters. The van der Waals surface area contributed by atoms with Crippen molar-refractivity contribution in [2.75, 3.05) is 5.01 Å². The fourth-order valence-corrected chi connectivity index (χ4v) is 4.46. The lowest BCUT2D eigenvalue weighted by Gasteiger charge is -2.30. The number of carbonyl (C=O) groups is 2. The molecule has 0 spiro atoms. The maximum Gasteiger partial charge on any atom is 0.343 e. The topological polar surface area (TPSA) is 125 Å². The molecule has 1 unspecified atom stereocenters. The molecular formula is C23H15Cl2N7O3. The predicted octanol–water partition coefficient (Wildman–Crippen LogP) is 3.00. The molecule has 1 fully saturated rings. The second kappa shape index (κ2) is 8.88. The van der Waals surface area contributed by atoms with Gasteiger partial charge in [0, 0.05) is 6.07 Å². The quantitative estimate of drug-likeness (QED) is 0.437. The molecule has 2 N–H and O–H groups in total. The van der Waals surface area contributed by atoms with Crippen LogP contribution < -0.4 is 21.3 Å². The number of halogens is 2. The fourth-order valence-electron chi connectivity index (χ4n) is 3.82. The van der Waals surface area contributed by atoms with Crippen molar-refractivity contribution in [2.24, 2.45) is 0 Å². The van der Waals surface area contributed by atoms with E-state index in [0.29, 0.717) is 23.3 Å². The van der Waals surface area contributed by atoms with Gasteiger partial charge in [0.15, 0.2) is 6.04 Å². The highest BCUT2D eigenvalue weighted by atomic mass is 35.5. The monoisotopic (exact) mass is 507 g/mol. The van der Waals surface area contributed by atoms with Gasteiger partial charge in [-0.3, -0.25) is 14.9 Å². The Morgan fingerprint density at radius 3 is 2.40 bits per heavy atom. The zero-order chi connectivity index (χ0) is 24.7. The molecule has 0 aliphatic carbocycles. The van der Waals surface area contributed by atoms with Crippen molar-refractivity contribution in [2.45, 2.75) is 12.6 Å². The second-order valence-corrected chi connectivity index (χ2v) is 8.46. The number of aromatic nitrogens is 3. The van der Waals surface area contributed by atoms with E-state index in [2.05, 4.69) is 15.8 Å². The maximum atomic E-state index is 12.6. The van der Waals surface area contributed by atoms with Crippen molar-refractivity contribution in [1.29, 1.82) is 5.26 Å². The van der Waals surface area contributed by atoms with Crippen LogP contribution in [0.25, 0.3) is 16.7 Å². The van der Waals surface area contributed by atoms with Crippen LogP contribution >= 0.6 is 23.2 Å². The number of pyridine rings is 1. The molecule has 2 aromatic carbocycles. The zero-order valence-electron chi connectivity index (χ0n) is 17.8. The molecule has 4 aromatic rings. The fraction of sp³-hybridized carbons (Fsp3) is 0.0870. The number of hydrazine groups is 1. The van der Waals surface area contributed by atoms with Gasteiger partial charge in [0.2, 0.25) is 0 Å². The molecular weight excluding hydrogens is 493 g/mol. The summed E-state index contributed by atoms with van der Waals surface area (Å²) in [6.07, 6.45) is 1.56. The van der Waals surface area contributed by atoms with E-state index >= 15 is 0 Å². The normalized spacial score (nSPS) is 15.8. The van der Waals surface area contributed by atoms with Crippen molar-refractivity contribution in [1.82, 2.24) is 25.1 Å². The summed E-state index contributed by atoms with van der Waals surface area (Å²) in [6, 6.07) is 15.3. The van der Waals surface area contributed by atoms with Crippen LogP contribution in [-0.4, -0.2) is 32.3 Å². The van der Waals surface area contributed by atoms with Crippen molar-refractivity contribution < 1.29 is 9.59 Å². The first-order valence-electron chi connectivity index (χ1n) is 10.3. The number of urea groups is 1. The third kappa shape index (κ3) is 4.02. The number of nitriles is 1. The summed E-state index contributed by atoms with van der Waals surface area (Å²) in [5, 5.41) is 16.9. The van der Waals surface area contributed by atoms with Crippen LogP contribution in [-0.2, 0) is 11.3 Å². The number of carbonyl (C=O) groups excluding carboxylic acids is 2. The van der Waals surface area contributed by atoms with Crippen molar-refractivity contribution in [3.63, 3.8) is 0 Å². The number of rotatable bonds is 4. The second-order valence-electron chi connectivity index (χ2n) is 7.65. The number of hydrogen-bond donors (Lipinski definition) is 2. The zero-order valence-corrected chi connectivity index (χ0v) is 19.3. The lowest BCUT2D eigenvalue weighted by molar-refractivity contribution is -0.121. The van der Waals surface area contributed by atoms with Gasteiger partial charge >= 0.3 is 6.03 Å². The number of amides is 3. The van der Waals surface area contributed by atoms with Gasteiger partial charge in [-0.25, -0.2) is 14.5 Å². The Kier molecular flexibility index (Phi) is 5.74. The molecule has 0 radical (unpaired) electrons. The Bertz CT molecular complexity index is 1570. The lowest BCUT2D eigenvalue weighted by Crippen LogP contribution is -2.64. The van der Waals surface area contributed by atoms with E-state index in [-0.39, 0.29) is 21.3 Å². The van der Waals surface area contributed by atoms with E-state index in [1.54, 1.807) is 22.9 Å². The summed E-state index contributed by atoms with van der Waals surface area (Å²) < 4.78 is 3.11. The summed E-state index contributed by atoms with van der Waals surface area (Å²) in [5.41, 5.74) is 5.04. The highest BCUT2D eigenvalue weighted by Gasteiger charge is 2.33. The van der Waals surface area contributed by atoms with Gasteiger partial charge in [-0.05, 0) is 23.8 Å². The standard InChI is InChI=1S/C23H15Cl2N7O3/c24-15-8-14(31-23(35)28-22(34)17(10-26)29-31)9-16(25)21(15)32-18-6-7-20(33)30(19(18)11-27-32)12-13-4-2-1-3-5-13/h1-9,11,17,29H,12H2,(H,28,34,35). The van der Waals surface area contributed by atoms with Gasteiger partial charge in [0.25, 0.3) is 11.5 Å². The third-order valence-corrected chi connectivity index (χ3v) is 6.04. The number of anilines is 1. The average molecular weight is 508 g/mol. The van der Waals surface area contributed by atoms with Crippen LogP contribution in [0.2, 0.25) is 10.0 Å². The number of nitrogens with one attached hydrogen (secondary N) is 2. The van der Waals surface area contributed by atoms with E-state index in [0.717, 1.165) is 10.6 Å². The summed E-state index contributed by atoms with van der Waals surface area (Å²) >= 11 is 13.1. The van der Waals surface area contributed by atoms with E-state index in [1.807, 2.05) is 30.3 Å². The van der Waals surface area contributed by atoms with Crippen LogP contribution in [0.15, 0.2) is 65.6 Å². The Morgan fingerprint density at radius 1 is 1.00 bits per heavy atom. The van der Waals surface area contributed by atoms with E-state index in [4.69, 9.17) is 28.5 Å². The molecule has 12 heteroatoms. The van der Waals surface area contributed by atoms with Crippen LogP contribution in [0.4, 0.5) is 10.5 Å². The molecule has 174 valence electrons. The van der Waals surface area contributed by atoms with E-state index < -0.39 is 18.0 Å². The summed E-state index contributed by atoms with van der Waals surface area (Å²) in [7, 11) is 0. The average Bonchev–Trinajstić information content (AvgIpc) is 3.25. The van der Waals surface area contributed by atoms with E-state index in [9.17, 15) is 14.4 Å². The highest BCUT2D eigenvalue weighted by Crippen LogP contribution is 2.35. The Labute approximate surface area is 207 Å². The molecule has 2 aromatic heterocycles. The Hall–Kier alpha value is -4.17. The SMILES string of the molecule is N#CC1NN(c2cc(Cl)c(-n3ncc4c3ccc(=O)n4Cc3ccccc3)c(Cl)c2)C(=O)NC1=O. The molecule has 3 heterocycles. The molecule has 35 heavy (non-hydrogen) atoms. The van der Waals surface area contributed by atoms with Crippen LogP contribution in [0.3, 0.4) is 0 Å². The first-order valence-corrected chi connectivity index (χ1v) is 11.0. The minimum absolute atomic E-state index is 0.151.